The highest BCUT2D eigenvalue weighted by molar-refractivity contribution is 5.51. The first-order chi connectivity index (χ1) is 6.68. The molecule has 1 N–H and O–H groups in total. The summed E-state index contributed by atoms with van der Waals surface area (Å²) in [4.78, 5) is 0. The van der Waals surface area contributed by atoms with E-state index < -0.39 is 0 Å². The molecule has 0 aliphatic rings. The Morgan fingerprint density at radius 2 is 1.93 bits per heavy atom. The Bertz CT molecular complexity index is 309. The second-order valence-electron chi connectivity index (χ2n) is 3.57. The molecule has 0 aromatic heterocycles. The zero-order chi connectivity index (χ0) is 10.4. The first-order valence-electron chi connectivity index (χ1n) is 4.87. The quantitative estimate of drug-likeness (QED) is 0.714. The molecule has 1 nitrogen and oxygen atoms in total. The Morgan fingerprint density at radius 3 is 2.50 bits per heavy atom. The van der Waals surface area contributed by atoms with Crippen molar-refractivity contribution in [3.8, 4) is 0 Å². The monoisotopic (exact) mass is 187 g/mol. The number of allylic oxidation sites excluding steroid dienone is 1. The predicted molar refractivity (Wildman–Crippen MR) is 62.9 cm³/mol. The molecule has 0 amide bonds. The van der Waals surface area contributed by atoms with Gasteiger partial charge < -0.3 is 5.32 Å². The summed E-state index contributed by atoms with van der Waals surface area (Å²) in [6, 6.07) is 10.6. The highest BCUT2D eigenvalue weighted by atomic mass is 14.9. The summed E-state index contributed by atoms with van der Waals surface area (Å²) < 4.78 is 0. The van der Waals surface area contributed by atoms with Crippen LogP contribution in [0.2, 0.25) is 0 Å². The third-order valence-electron chi connectivity index (χ3n) is 1.75. The van der Waals surface area contributed by atoms with Gasteiger partial charge in [-0.1, -0.05) is 43.0 Å². The van der Waals surface area contributed by atoms with Gasteiger partial charge in [0.2, 0.25) is 0 Å². The molecule has 0 spiro atoms. The average molecular weight is 187 g/mol. The van der Waals surface area contributed by atoms with Crippen LogP contribution in [0.15, 0.2) is 48.7 Å². The number of hydrogen-bond acceptors (Lipinski definition) is 1. The van der Waals surface area contributed by atoms with Crippen LogP contribution in [0.5, 0.6) is 0 Å². The Morgan fingerprint density at radius 1 is 1.29 bits per heavy atom. The average Bonchev–Trinajstić information content (AvgIpc) is 2.15. The molecule has 0 saturated heterocycles. The molecule has 0 radical (unpaired) electrons. The zero-order valence-electron chi connectivity index (χ0n) is 8.83. The highest BCUT2D eigenvalue weighted by Crippen LogP contribution is 2.02. The van der Waals surface area contributed by atoms with Gasteiger partial charge in [0.15, 0.2) is 0 Å². The smallest absolute Gasteiger partial charge is 0.0269 e. The van der Waals surface area contributed by atoms with E-state index in [2.05, 4.69) is 44.0 Å². The lowest BCUT2D eigenvalue weighted by atomic mass is 10.2. The molecule has 1 heteroatoms. The van der Waals surface area contributed by atoms with Crippen LogP contribution in [0.1, 0.15) is 19.4 Å². The van der Waals surface area contributed by atoms with Crippen molar-refractivity contribution in [1.82, 2.24) is 5.32 Å². The van der Waals surface area contributed by atoms with Gasteiger partial charge >= 0.3 is 0 Å². The van der Waals surface area contributed by atoms with E-state index in [1.165, 1.54) is 5.56 Å². The Labute approximate surface area is 86.2 Å². The lowest BCUT2D eigenvalue weighted by Crippen LogP contribution is -2.19. The van der Waals surface area contributed by atoms with Crippen molar-refractivity contribution in [2.75, 3.05) is 0 Å². The first-order valence-corrected chi connectivity index (χ1v) is 4.87. The maximum Gasteiger partial charge on any atom is 0.0269 e. The van der Waals surface area contributed by atoms with Crippen molar-refractivity contribution < 1.29 is 0 Å². The Hall–Kier alpha value is -1.50. The lowest BCUT2D eigenvalue weighted by molar-refractivity contribution is 0.683. The van der Waals surface area contributed by atoms with Crippen LogP contribution in [0.4, 0.5) is 0 Å². The number of nitrogens with one attached hydrogen (secondary N) is 1. The van der Waals surface area contributed by atoms with Gasteiger partial charge in [-0.05, 0) is 25.5 Å². The van der Waals surface area contributed by atoms with E-state index in [-0.39, 0.29) is 0 Å². The number of hydrogen-bond donors (Lipinski definition) is 1. The molecule has 0 aliphatic carbocycles. The van der Waals surface area contributed by atoms with Crippen LogP contribution in [0.3, 0.4) is 0 Å². The summed E-state index contributed by atoms with van der Waals surface area (Å²) in [5.41, 5.74) is 2.14. The molecule has 0 fully saturated rings. The van der Waals surface area contributed by atoms with E-state index in [1.54, 1.807) is 0 Å². The molecule has 1 aromatic rings. The van der Waals surface area contributed by atoms with Gasteiger partial charge in [-0.15, -0.1) is 0 Å². The van der Waals surface area contributed by atoms with Gasteiger partial charge in [-0.3, -0.25) is 0 Å². The number of rotatable bonds is 4. The SMILES string of the molecule is C=C(/C=C/c1ccccc1)NC(C)C. The van der Waals surface area contributed by atoms with E-state index in [0.29, 0.717) is 6.04 Å². The summed E-state index contributed by atoms with van der Waals surface area (Å²) >= 11 is 0. The van der Waals surface area contributed by atoms with E-state index in [9.17, 15) is 0 Å². The van der Waals surface area contributed by atoms with Crippen LogP contribution in [-0.2, 0) is 0 Å². The maximum atomic E-state index is 3.91. The van der Waals surface area contributed by atoms with Crippen LogP contribution < -0.4 is 5.32 Å². The van der Waals surface area contributed by atoms with Crippen molar-refractivity contribution in [1.29, 1.82) is 0 Å². The summed E-state index contributed by atoms with van der Waals surface area (Å²) in [5, 5.41) is 3.23. The first kappa shape index (κ1) is 10.6. The summed E-state index contributed by atoms with van der Waals surface area (Å²) in [6.07, 6.45) is 4.05. The maximum absolute atomic E-state index is 3.91. The third-order valence-corrected chi connectivity index (χ3v) is 1.75. The van der Waals surface area contributed by atoms with Crippen molar-refractivity contribution in [3.63, 3.8) is 0 Å². The van der Waals surface area contributed by atoms with Crippen LogP contribution in [0, 0.1) is 0 Å². The highest BCUT2D eigenvalue weighted by Gasteiger charge is 1.91. The Balaban J connectivity index is 2.52. The molecule has 1 aromatic carbocycles. The molecular weight excluding hydrogens is 170 g/mol. The fraction of sp³-hybridized carbons (Fsp3) is 0.231. The molecule has 0 heterocycles. The fourth-order valence-electron chi connectivity index (χ4n) is 1.18. The summed E-state index contributed by atoms with van der Waals surface area (Å²) in [7, 11) is 0. The molecule has 74 valence electrons. The van der Waals surface area contributed by atoms with Crippen LogP contribution in [0.25, 0.3) is 6.08 Å². The second-order valence-corrected chi connectivity index (χ2v) is 3.57. The van der Waals surface area contributed by atoms with E-state index >= 15 is 0 Å². The summed E-state index contributed by atoms with van der Waals surface area (Å²) in [5.74, 6) is 0. The minimum absolute atomic E-state index is 0.433. The molecular formula is C13H17N. The minimum Gasteiger partial charge on any atom is -0.383 e. The standard InChI is InChI=1S/C13H17N/c1-11(2)14-12(3)9-10-13-7-5-4-6-8-13/h4-11,14H,3H2,1-2H3/b10-9+. The van der Waals surface area contributed by atoms with Crippen molar-refractivity contribution in [2.24, 2.45) is 0 Å². The van der Waals surface area contributed by atoms with Crippen molar-refractivity contribution in [2.45, 2.75) is 19.9 Å². The molecule has 1 rings (SSSR count). The molecule has 0 aliphatic heterocycles. The Kier molecular flexibility index (Phi) is 3.99. The van der Waals surface area contributed by atoms with Gasteiger partial charge in [0.25, 0.3) is 0 Å². The van der Waals surface area contributed by atoms with E-state index in [0.717, 1.165) is 5.70 Å². The third kappa shape index (κ3) is 3.94. The largest absolute Gasteiger partial charge is 0.383 e. The lowest BCUT2D eigenvalue weighted by Gasteiger charge is -2.08. The van der Waals surface area contributed by atoms with E-state index in [1.807, 2.05) is 24.3 Å². The van der Waals surface area contributed by atoms with Gasteiger partial charge in [0, 0.05) is 11.7 Å². The normalized spacial score (nSPS) is 10.8. The van der Waals surface area contributed by atoms with Gasteiger partial charge in [0.05, 0.1) is 0 Å². The topological polar surface area (TPSA) is 12.0 Å². The molecule has 0 bridgehead atoms. The fourth-order valence-corrected chi connectivity index (χ4v) is 1.18. The number of benzene rings is 1. The second kappa shape index (κ2) is 5.28. The predicted octanol–water partition coefficient (Wildman–Crippen LogP) is 3.21. The summed E-state index contributed by atoms with van der Waals surface area (Å²) in [6.45, 7) is 8.11. The van der Waals surface area contributed by atoms with Crippen LogP contribution >= 0.6 is 0 Å². The molecule has 14 heavy (non-hydrogen) atoms. The van der Waals surface area contributed by atoms with Gasteiger partial charge in [-0.25, -0.2) is 0 Å². The van der Waals surface area contributed by atoms with E-state index in [4.69, 9.17) is 0 Å². The van der Waals surface area contributed by atoms with Crippen molar-refractivity contribution >= 4 is 6.08 Å². The molecule has 0 unspecified atom stereocenters. The van der Waals surface area contributed by atoms with Gasteiger partial charge in [-0.2, -0.15) is 0 Å². The zero-order valence-corrected chi connectivity index (χ0v) is 8.83. The van der Waals surface area contributed by atoms with Crippen LogP contribution in [-0.4, -0.2) is 6.04 Å². The van der Waals surface area contributed by atoms with Gasteiger partial charge in [0.1, 0.15) is 0 Å². The van der Waals surface area contributed by atoms with Crippen molar-refractivity contribution in [3.05, 3.63) is 54.2 Å². The minimum atomic E-state index is 0.433. The molecule has 0 saturated carbocycles. The molecule has 0 atom stereocenters.